The predicted molar refractivity (Wildman–Crippen MR) is 126 cm³/mol. The summed E-state index contributed by atoms with van der Waals surface area (Å²) in [5.41, 5.74) is 1.83. The van der Waals surface area contributed by atoms with E-state index in [1.165, 1.54) is 0 Å². The molecule has 0 aliphatic heterocycles. The quantitative estimate of drug-likeness (QED) is 0.229. The third kappa shape index (κ3) is 6.83. The number of hydrogen-bond acceptors (Lipinski definition) is 8. The molecule has 2 aromatic heterocycles. The highest BCUT2D eigenvalue weighted by Crippen LogP contribution is 2.24. The SMILES string of the molecule is CCCSc1nc(NCCOC)c2cnn(CCNC(=O)COc3cccc(C)c3)c2n1. The molecule has 0 radical (unpaired) electrons. The topological polar surface area (TPSA) is 103 Å². The van der Waals surface area contributed by atoms with Gasteiger partial charge in [-0.15, -0.1) is 0 Å². The number of benzene rings is 1. The van der Waals surface area contributed by atoms with Crippen LogP contribution in [0.2, 0.25) is 0 Å². The molecule has 10 heteroatoms. The van der Waals surface area contributed by atoms with Crippen LogP contribution in [0.4, 0.5) is 5.82 Å². The maximum Gasteiger partial charge on any atom is 0.258 e. The molecule has 0 saturated heterocycles. The van der Waals surface area contributed by atoms with Crippen molar-refractivity contribution in [3.05, 3.63) is 36.0 Å². The number of nitrogens with one attached hydrogen (secondary N) is 2. The Hall–Kier alpha value is -2.85. The van der Waals surface area contributed by atoms with Crippen molar-refractivity contribution in [1.82, 2.24) is 25.1 Å². The van der Waals surface area contributed by atoms with Crippen LogP contribution in [0.15, 0.2) is 35.6 Å². The number of carbonyl (C=O) groups is 1. The maximum absolute atomic E-state index is 12.1. The average Bonchev–Trinajstić information content (AvgIpc) is 3.19. The lowest BCUT2D eigenvalue weighted by Crippen LogP contribution is -2.31. The molecule has 0 spiro atoms. The van der Waals surface area contributed by atoms with E-state index < -0.39 is 0 Å². The van der Waals surface area contributed by atoms with E-state index in [9.17, 15) is 4.79 Å². The molecule has 3 rings (SSSR count). The number of methoxy groups -OCH3 is 1. The number of carbonyl (C=O) groups excluding carboxylic acids is 1. The fraction of sp³-hybridized carbons (Fsp3) is 0.455. The van der Waals surface area contributed by atoms with Gasteiger partial charge in [0.2, 0.25) is 0 Å². The Morgan fingerprint density at radius 3 is 2.91 bits per heavy atom. The van der Waals surface area contributed by atoms with Crippen LogP contribution < -0.4 is 15.4 Å². The minimum atomic E-state index is -0.182. The third-order valence-electron chi connectivity index (χ3n) is 4.51. The van der Waals surface area contributed by atoms with Gasteiger partial charge in [-0.2, -0.15) is 5.10 Å². The van der Waals surface area contributed by atoms with E-state index in [0.717, 1.165) is 34.6 Å². The van der Waals surface area contributed by atoms with Crippen molar-refractivity contribution in [2.24, 2.45) is 0 Å². The van der Waals surface area contributed by atoms with Gasteiger partial charge < -0.3 is 20.1 Å². The lowest BCUT2D eigenvalue weighted by atomic mass is 10.2. The van der Waals surface area contributed by atoms with Crippen LogP contribution in [0.5, 0.6) is 5.75 Å². The zero-order valence-electron chi connectivity index (χ0n) is 18.8. The Bertz CT molecular complexity index is 1030. The normalized spacial score (nSPS) is 11.0. The molecule has 2 heterocycles. The van der Waals surface area contributed by atoms with Crippen LogP contribution in [0, 0.1) is 6.92 Å². The van der Waals surface area contributed by atoms with E-state index >= 15 is 0 Å². The Morgan fingerprint density at radius 1 is 1.25 bits per heavy atom. The molecule has 1 amide bonds. The van der Waals surface area contributed by atoms with E-state index in [4.69, 9.17) is 9.47 Å². The van der Waals surface area contributed by atoms with Gasteiger partial charge in [0, 0.05) is 26.0 Å². The highest BCUT2D eigenvalue weighted by atomic mass is 32.2. The van der Waals surface area contributed by atoms with Crippen molar-refractivity contribution in [2.75, 3.05) is 44.5 Å². The van der Waals surface area contributed by atoms with Crippen LogP contribution in [-0.2, 0) is 16.1 Å². The largest absolute Gasteiger partial charge is 0.484 e. The van der Waals surface area contributed by atoms with E-state index in [1.807, 2.05) is 31.2 Å². The van der Waals surface area contributed by atoms with E-state index in [1.54, 1.807) is 29.8 Å². The number of ether oxygens (including phenoxy) is 2. The molecule has 0 unspecified atom stereocenters. The van der Waals surface area contributed by atoms with Crippen molar-refractivity contribution in [3.8, 4) is 5.75 Å². The molecule has 0 aliphatic carbocycles. The lowest BCUT2D eigenvalue weighted by Gasteiger charge is -2.10. The highest BCUT2D eigenvalue weighted by molar-refractivity contribution is 7.99. The first kappa shape index (κ1) is 23.8. The second-order valence-corrected chi connectivity index (χ2v) is 8.25. The van der Waals surface area contributed by atoms with Crippen molar-refractivity contribution < 1.29 is 14.3 Å². The molecule has 0 atom stereocenters. The van der Waals surface area contributed by atoms with Crippen molar-refractivity contribution in [1.29, 1.82) is 0 Å². The van der Waals surface area contributed by atoms with Gasteiger partial charge >= 0.3 is 0 Å². The Balaban J connectivity index is 1.60. The van der Waals surface area contributed by atoms with Crippen LogP contribution in [0.25, 0.3) is 11.0 Å². The summed E-state index contributed by atoms with van der Waals surface area (Å²) in [5, 5.41) is 12.2. The molecule has 0 fully saturated rings. The van der Waals surface area contributed by atoms with Gasteiger partial charge in [0.25, 0.3) is 5.91 Å². The summed E-state index contributed by atoms with van der Waals surface area (Å²) in [7, 11) is 1.66. The van der Waals surface area contributed by atoms with Gasteiger partial charge in [-0.3, -0.25) is 4.79 Å². The number of thioether (sulfide) groups is 1. The molecule has 32 heavy (non-hydrogen) atoms. The molecule has 9 nitrogen and oxygen atoms in total. The fourth-order valence-corrected chi connectivity index (χ4v) is 3.66. The molecule has 1 aromatic carbocycles. The number of anilines is 1. The third-order valence-corrected chi connectivity index (χ3v) is 5.57. The lowest BCUT2D eigenvalue weighted by molar-refractivity contribution is -0.123. The van der Waals surface area contributed by atoms with Crippen LogP contribution >= 0.6 is 11.8 Å². The first-order valence-corrected chi connectivity index (χ1v) is 11.6. The summed E-state index contributed by atoms with van der Waals surface area (Å²) in [6, 6.07) is 7.62. The number of nitrogens with zero attached hydrogens (tertiary/aromatic N) is 4. The van der Waals surface area contributed by atoms with E-state index in [0.29, 0.717) is 37.1 Å². The van der Waals surface area contributed by atoms with Crippen molar-refractivity contribution >= 4 is 34.5 Å². The second kappa shape index (κ2) is 12.3. The molecule has 0 saturated carbocycles. The Labute approximate surface area is 192 Å². The fourth-order valence-electron chi connectivity index (χ4n) is 2.97. The Morgan fingerprint density at radius 2 is 2.12 bits per heavy atom. The average molecular weight is 459 g/mol. The van der Waals surface area contributed by atoms with Crippen molar-refractivity contribution in [3.63, 3.8) is 0 Å². The summed E-state index contributed by atoms with van der Waals surface area (Å²) >= 11 is 1.61. The summed E-state index contributed by atoms with van der Waals surface area (Å²) in [6.45, 7) is 6.20. The molecule has 0 aliphatic rings. The first-order valence-electron chi connectivity index (χ1n) is 10.7. The molecule has 2 N–H and O–H groups in total. The number of rotatable bonds is 13. The number of amides is 1. The summed E-state index contributed by atoms with van der Waals surface area (Å²) < 4.78 is 12.5. The summed E-state index contributed by atoms with van der Waals surface area (Å²) in [4.78, 5) is 21.5. The summed E-state index contributed by atoms with van der Waals surface area (Å²) in [5.74, 6) is 2.18. The molecule has 3 aromatic rings. The smallest absolute Gasteiger partial charge is 0.258 e. The van der Waals surface area contributed by atoms with Crippen LogP contribution in [-0.4, -0.2) is 64.8 Å². The number of fused-ring (bicyclic) bond motifs is 1. The molecular weight excluding hydrogens is 428 g/mol. The van der Waals surface area contributed by atoms with Gasteiger partial charge in [0.1, 0.15) is 11.6 Å². The molecule has 172 valence electrons. The van der Waals surface area contributed by atoms with Crippen LogP contribution in [0.1, 0.15) is 18.9 Å². The zero-order valence-corrected chi connectivity index (χ0v) is 19.6. The number of hydrogen-bond donors (Lipinski definition) is 2. The van der Waals surface area contributed by atoms with Gasteiger partial charge in [0.15, 0.2) is 17.4 Å². The monoisotopic (exact) mass is 458 g/mol. The van der Waals surface area contributed by atoms with Gasteiger partial charge in [-0.1, -0.05) is 30.8 Å². The second-order valence-electron chi connectivity index (χ2n) is 7.18. The maximum atomic E-state index is 12.1. The standard InChI is InChI=1S/C22H30N6O3S/c1-4-12-32-22-26-20(24-9-11-30-3)18-14-25-28(21(18)27-22)10-8-23-19(29)15-31-17-7-5-6-16(2)13-17/h5-7,13-14H,4,8-12,15H2,1-3H3,(H,23,29)(H,24,26,27). The minimum absolute atomic E-state index is 0.0309. The van der Waals surface area contributed by atoms with Gasteiger partial charge in [0.05, 0.1) is 24.7 Å². The predicted octanol–water partition coefficient (Wildman–Crippen LogP) is 2.89. The van der Waals surface area contributed by atoms with Crippen LogP contribution in [0.3, 0.4) is 0 Å². The minimum Gasteiger partial charge on any atom is -0.484 e. The van der Waals surface area contributed by atoms with Gasteiger partial charge in [-0.25, -0.2) is 14.6 Å². The molecule has 0 bridgehead atoms. The number of aromatic nitrogens is 4. The highest BCUT2D eigenvalue weighted by Gasteiger charge is 2.13. The van der Waals surface area contributed by atoms with Crippen molar-refractivity contribution in [2.45, 2.75) is 32.0 Å². The van der Waals surface area contributed by atoms with E-state index in [2.05, 4.69) is 32.6 Å². The summed E-state index contributed by atoms with van der Waals surface area (Å²) in [6.07, 6.45) is 2.79. The van der Waals surface area contributed by atoms with E-state index in [-0.39, 0.29) is 12.5 Å². The van der Waals surface area contributed by atoms with Gasteiger partial charge in [-0.05, 0) is 31.0 Å². The number of aryl methyl sites for hydroxylation is 1. The first-order chi connectivity index (χ1) is 15.6. The zero-order chi connectivity index (χ0) is 22.8. The Kier molecular flexibility index (Phi) is 9.12. The molecular formula is C22H30N6O3S.